The molecular weight excluding hydrogens is 488 g/mol. The lowest BCUT2D eigenvalue weighted by Crippen LogP contribution is -2.52. The molecule has 1 heterocycles. The number of piperazine rings is 1. The Morgan fingerprint density at radius 2 is 1.62 bits per heavy atom. The zero-order valence-corrected chi connectivity index (χ0v) is 18.7. The molecule has 2 aromatic rings. The predicted octanol–water partition coefficient (Wildman–Crippen LogP) is 4.33. The molecule has 6 nitrogen and oxygen atoms in total. The summed E-state index contributed by atoms with van der Waals surface area (Å²) in [6, 6.07) is 11.2. The van der Waals surface area contributed by atoms with Gasteiger partial charge in [0.05, 0.1) is 11.4 Å². The van der Waals surface area contributed by atoms with Gasteiger partial charge in [-0.3, -0.25) is 14.9 Å². The second-order valence-corrected chi connectivity index (χ2v) is 8.14. The Kier molecular flexibility index (Phi) is 7.47. The highest BCUT2D eigenvalue weighted by Crippen LogP contribution is 2.30. The fraction of sp³-hybridized carbons (Fsp3) is 0.250. The summed E-state index contributed by atoms with van der Waals surface area (Å²) in [7, 11) is 0. The normalized spacial score (nSPS) is 14.2. The van der Waals surface area contributed by atoms with Crippen molar-refractivity contribution < 1.29 is 22.8 Å². The molecule has 0 aromatic heterocycles. The van der Waals surface area contributed by atoms with Crippen molar-refractivity contribution in [2.75, 3.05) is 36.4 Å². The summed E-state index contributed by atoms with van der Waals surface area (Å²) in [5, 5.41) is 6.24. The van der Waals surface area contributed by atoms with Crippen LogP contribution in [-0.4, -0.2) is 54.2 Å². The van der Waals surface area contributed by atoms with Crippen LogP contribution in [0.5, 0.6) is 0 Å². The number of carbonyl (C=O) groups excluding carboxylic acids is 2. The summed E-state index contributed by atoms with van der Waals surface area (Å²) in [4.78, 5) is 26.4. The first-order chi connectivity index (χ1) is 15.0. The van der Waals surface area contributed by atoms with Gasteiger partial charge in [-0.05, 0) is 48.6 Å². The lowest BCUT2D eigenvalue weighted by atomic mass is 10.2. The molecule has 0 spiro atoms. The Labute approximate surface area is 197 Å². The van der Waals surface area contributed by atoms with Gasteiger partial charge in [-0.1, -0.05) is 29.3 Å². The molecule has 0 aliphatic carbocycles. The zero-order chi connectivity index (χ0) is 23.5. The molecule has 32 heavy (non-hydrogen) atoms. The molecule has 2 aromatic carbocycles. The number of nitrogens with one attached hydrogen (secondary N) is 2. The molecule has 0 bridgehead atoms. The number of halogens is 5. The Morgan fingerprint density at radius 1 is 0.969 bits per heavy atom. The average molecular weight is 505 g/mol. The van der Waals surface area contributed by atoms with Crippen LogP contribution in [0.25, 0.3) is 0 Å². The molecule has 1 aliphatic heterocycles. The number of hydrogen-bond acceptors (Lipinski definition) is 4. The van der Waals surface area contributed by atoms with Gasteiger partial charge in [0.25, 0.3) is 5.91 Å². The molecule has 0 atom stereocenters. The first kappa shape index (κ1) is 24.1. The third kappa shape index (κ3) is 6.02. The number of thiocarbonyl (C=S) groups is 1. The zero-order valence-electron chi connectivity index (χ0n) is 16.4. The second kappa shape index (κ2) is 9.93. The van der Waals surface area contributed by atoms with Crippen LogP contribution >= 0.6 is 35.4 Å². The monoisotopic (exact) mass is 504 g/mol. The van der Waals surface area contributed by atoms with Gasteiger partial charge in [0.15, 0.2) is 5.11 Å². The number of carbonyl (C=O) groups is 2. The van der Waals surface area contributed by atoms with E-state index >= 15 is 0 Å². The number of nitrogens with zero attached hydrogens (tertiary/aromatic N) is 2. The first-order valence-corrected chi connectivity index (χ1v) is 10.5. The fourth-order valence-corrected chi connectivity index (χ4v) is 3.74. The second-order valence-electron chi connectivity index (χ2n) is 6.86. The van der Waals surface area contributed by atoms with Crippen molar-refractivity contribution in [3.8, 4) is 0 Å². The Hall–Kier alpha value is -2.56. The van der Waals surface area contributed by atoms with E-state index in [4.69, 9.17) is 35.4 Å². The van der Waals surface area contributed by atoms with Crippen LogP contribution in [0.2, 0.25) is 10.0 Å². The van der Waals surface area contributed by atoms with Gasteiger partial charge in [0, 0.05) is 41.8 Å². The van der Waals surface area contributed by atoms with E-state index in [0.29, 0.717) is 27.0 Å². The summed E-state index contributed by atoms with van der Waals surface area (Å²) in [5.74, 6) is -2.32. The van der Waals surface area contributed by atoms with Gasteiger partial charge in [0.1, 0.15) is 0 Å². The van der Waals surface area contributed by atoms with Crippen LogP contribution in [0, 0.1) is 0 Å². The van der Waals surface area contributed by atoms with Crippen molar-refractivity contribution in [1.82, 2.24) is 10.2 Å². The Balaban J connectivity index is 1.68. The van der Waals surface area contributed by atoms with Crippen LogP contribution < -0.4 is 15.5 Å². The lowest BCUT2D eigenvalue weighted by molar-refractivity contribution is -0.185. The van der Waals surface area contributed by atoms with Gasteiger partial charge in [-0.15, -0.1) is 0 Å². The third-order valence-corrected chi connectivity index (χ3v) is 5.35. The topological polar surface area (TPSA) is 64.7 Å². The Morgan fingerprint density at radius 3 is 2.25 bits per heavy atom. The molecule has 1 aliphatic rings. The maximum absolute atomic E-state index is 12.7. The van der Waals surface area contributed by atoms with E-state index in [1.165, 1.54) is 6.07 Å². The van der Waals surface area contributed by atoms with Crippen molar-refractivity contribution in [2.45, 2.75) is 6.18 Å². The fourth-order valence-electron chi connectivity index (χ4n) is 3.17. The van der Waals surface area contributed by atoms with E-state index in [0.717, 1.165) is 4.90 Å². The van der Waals surface area contributed by atoms with E-state index in [1.807, 2.05) is 0 Å². The van der Waals surface area contributed by atoms with Gasteiger partial charge in [0.2, 0.25) is 0 Å². The SMILES string of the molecule is O=C(NC(=S)Nc1cc(Cl)ccc1N1CCN(C(=O)C(F)(F)F)CC1)c1cccc(Cl)c1. The van der Waals surface area contributed by atoms with Crippen LogP contribution in [0.1, 0.15) is 10.4 Å². The average Bonchev–Trinajstić information content (AvgIpc) is 2.73. The maximum atomic E-state index is 12.7. The maximum Gasteiger partial charge on any atom is 0.471 e. The summed E-state index contributed by atoms with van der Waals surface area (Å²) in [6.07, 6.45) is -4.90. The summed E-state index contributed by atoms with van der Waals surface area (Å²) >= 11 is 17.2. The highest BCUT2D eigenvalue weighted by Gasteiger charge is 2.43. The predicted molar refractivity (Wildman–Crippen MR) is 121 cm³/mol. The molecule has 0 unspecified atom stereocenters. The van der Waals surface area contributed by atoms with E-state index in [9.17, 15) is 22.8 Å². The number of anilines is 2. The van der Waals surface area contributed by atoms with E-state index < -0.39 is 18.0 Å². The lowest BCUT2D eigenvalue weighted by Gasteiger charge is -2.37. The van der Waals surface area contributed by atoms with Gasteiger partial charge in [-0.2, -0.15) is 13.2 Å². The van der Waals surface area contributed by atoms with E-state index in [-0.39, 0.29) is 31.3 Å². The quantitative estimate of drug-likeness (QED) is 0.609. The summed E-state index contributed by atoms with van der Waals surface area (Å²) < 4.78 is 38.0. The molecule has 170 valence electrons. The number of rotatable bonds is 3. The smallest absolute Gasteiger partial charge is 0.366 e. The van der Waals surface area contributed by atoms with E-state index in [1.54, 1.807) is 41.3 Å². The van der Waals surface area contributed by atoms with Crippen molar-refractivity contribution in [1.29, 1.82) is 0 Å². The van der Waals surface area contributed by atoms with Crippen molar-refractivity contribution in [3.63, 3.8) is 0 Å². The van der Waals surface area contributed by atoms with Crippen molar-refractivity contribution in [3.05, 3.63) is 58.1 Å². The van der Waals surface area contributed by atoms with Crippen molar-refractivity contribution >= 4 is 63.7 Å². The summed E-state index contributed by atoms with van der Waals surface area (Å²) in [5.41, 5.74) is 1.40. The highest BCUT2D eigenvalue weighted by molar-refractivity contribution is 7.80. The standard InChI is InChI=1S/C20H17Cl2F3N4O2S/c21-13-3-1-2-12(10-13)17(30)27-19(32)26-15-11-14(22)4-5-16(15)28-6-8-29(9-7-28)18(31)20(23,24)25/h1-5,10-11H,6-9H2,(H2,26,27,30,32). The molecule has 1 fully saturated rings. The number of hydrogen-bond donors (Lipinski definition) is 2. The number of amides is 2. The van der Waals surface area contributed by atoms with Crippen LogP contribution in [0.15, 0.2) is 42.5 Å². The molecular formula is C20H17Cl2F3N4O2S. The van der Waals surface area contributed by atoms with Gasteiger partial charge in [-0.25, -0.2) is 0 Å². The molecule has 3 rings (SSSR count). The minimum absolute atomic E-state index is 0.00405. The van der Waals surface area contributed by atoms with Crippen LogP contribution in [-0.2, 0) is 4.79 Å². The van der Waals surface area contributed by atoms with E-state index in [2.05, 4.69) is 10.6 Å². The molecule has 0 saturated carbocycles. The first-order valence-electron chi connectivity index (χ1n) is 9.33. The third-order valence-electron chi connectivity index (χ3n) is 4.67. The molecule has 1 saturated heterocycles. The number of benzene rings is 2. The molecule has 0 radical (unpaired) electrons. The molecule has 2 N–H and O–H groups in total. The minimum Gasteiger partial charge on any atom is -0.366 e. The van der Waals surface area contributed by atoms with Crippen LogP contribution in [0.4, 0.5) is 24.5 Å². The number of alkyl halides is 3. The van der Waals surface area contributed by atoms with Crippen molar-refractivity contribution in [2.24, 2.45) is 0 Å². The molecule has 12 heteroatoms. The Bertz CT molecular complexity index is 1040. The molecule has 2 amide bonds. The largest absolute Gasteiger partial charge is 0.471 e. The minimum atomic E-state index is -4.90. The summed E-state index contributed by atoms with van der Waals surface area (Å²) in [6.45, 7) is 0.187. The van der Waals surface area contributed by atoms with Gasteiger partial charge < -0.3 is 15.1 Å². The van der Waals surface area contributed by atoms with Gasteiger partial charge >= 0.3 is 12.1 Å². The highest BCUT2D eigenvalue weighted by atomic mass is 35.5. The van der Waals surface area contributed by atoms with Crippen LogP contribution in [0.3, 0.4) is 0 Å².